The fourth-order valence-electron chi connectivity index (χ4n) is 4.63. The van der Waals surface area contributed by atoms with Crippen LogP contribution in [0.2, 0.25) is 0 Å². The van der Waals surface area contributed by atoms with E-state index in [1.54, 1.807) is 17.2 Å². The van der Waals surface area contributed by atoms with Crippen molar-refractivity contribution in [2.24, 2.45) is 0 Å². The number of piperidine rings is 1. The van der Waals surface area contributed by atoms with Crippen molar-refractivity contribution in [3.8, 4) is 0 Å². The molecule has 2 saturated heterocycles. The lowest BCUT2D eigenvalue weighted by molar-refractivity contribution is -0.143. The van der Waals surface area contributed by atoms with Gasteiger partial charge in [-0.25, -0.2) is 9.48 Å². The maximum atomic E-state index is 13.0. The van der Waals surface area contributed by atoms with Crippen LogP contribution in [0.15, 0.2) is 36.5 Å². The van der Waals surface area contributed by atoms with E-state index in [9.17, 15) is 14.4 Å². The van der Waals surface area contributed by atoms with E-state index >= 15 is 0 Å². The molecule has 0 unspecified atom stereocenters. The third-order valence-electron chi connectivity index (χ3n) is 6.37. The summed E-state index contributed by atoms with van der Waals surface area (Å²) in [5.74, 6) is 0.638. The number of rotatable bonds is 4. The SMILES string of the molecule is CC(=O)N1CCC[C@H]1C(=O)N1CCC(n2nccc2NC(=O)Nc2ccccc2C)CC1. The number of hydrogen-bond donors (Lipinski definition) is 2. The molecular formula is C23H30N6O3. The van der Waals surface area contributed by atoms with Gasteiger partial charge in [-0.2, -0.15) is 5.10 Å². The molecule has 0 aliphatic carbocycles. The molecule has 32 heavy (non-hydrogen) atoms. The average molecular weight is 439 g/mol. The molecule has 9 nitrogen and oxygen atoms in total. The minimum Gasteiger partial charge on any atom is -0.341 e. The van der Waals surface area contributed by atoms with Crippen LogP contribution in [0.25, 0.3) is 0 Å². The summed E-state index contributed by atoms with van der Waals surface area (Å²) < 4.78 is 1.83. The predicted molar refractivity (Wildman–Crippen MR) is 121 cm³/mol. The van der Waals surface area contributed by atoms with Crippen molar-refractivity contribution < 1.29 is 14.4 Å². The minimum absolute atomic E-state index is 0.0352. The number of carbonyl (C=O) groups is 3. The first-order valence-electron chi connectivity index (χ1n) is 11.2. The van der Waals surface area contributed by atoms with Gasteiger partial charge in [-0.1, -0.05) is 18.2 Å². The third kappa shape index (κ3) is 4.61. The Kier molecular flexibility index (Phi) is 6.43. The highest BCUT2D eigenvalue weighted by Gasteiger charge is 2.36. The number of aryl methyl sites for hydroxylation is 1. The Morgan fingerprint density at radius 1 is 1.00 bits per heavy atom. The van der Waals surface area contributed by atoms with Crippen LogP contribution in [0.1, 0.15) is 44.2 Å². The zero-order chi connectivity index (χ0) is 22.7. The van der Waals surface area contributed by atoms with Crippen molar-refractivity contribution in [2.45, 2.75) is 51.6 Å². The molecule has 0 spiro atoms. The van der Waals surface area contributed by atoms with Gasteiger partial charge >= 0.3 is 6.03 Å². The molecule has 4 amide bonds. The van der Waals surface area contributed by atoms with Gasteiger partial charge in [-0.15, -0.1) is 0 Å². The first kappa shape index (κ1) is 21.9. The summed E-state index contributed by atoms with van der Waals surface area (Å²) in [5.41, 5.74) is 1.74. The Morgan fingerprint density at radius 3 is 2.47 bits per heavy atom. The Labute approximate surface area is 187 Å². The molecule has 2 aliphatic rings. The second-order valence-electron chi connectivity index (χ2n) is 8.48. The number of aromatic nitrogens is 2. The molecule has 1 atom stereocenters. The van der Waals surface area contributed by atoms with E-state index in [1.165, 1.54) is 6.92 Å². The molecule has 4 rings (SSSR count). The van der Waals surface area contributed by atoms with Gasteiger partial charge in [0, 0.05) is 38.3 Å². The van der Waals surface area contributed by atoms with Crippen LogP contribution in [0.5, 0.6) is 0 Å². The van der Waals surface area contributed by atoms with Gasteiger partial charge in [-0.3, -0.25) is 14.9 Å². The number of likely N-dealkylation sites (tertiary alicyclic amines) is 2. The highest BCUT2D eigenvalue weighted by atomic mass is 16.2. The summed E-state index contributed by atoms with van der Waals surface area (Å²) in [5, 5.41) is 10.2. The van der Waals surface area contributed by atoms with Crippen molar-refractivity contribution in [3.63, 3.8) is 0 Å². The van der Waals surface area contributed by atoms with Crippen LogP contribution in [0, 0.1) is 6.92 Å². The second kappa shape index (κ2) is 9.42. The van der Waals surface area contributed by atoms with E-state index in [4.69, 9.17) is 0 Å². The Morgan fingerprint density at radius 2 is 1.75 bits per heavy atom. The maximum Gasteiger partial charge on any atom is 0.324 e. The topological polar surface area (TPSA) is 99.6 Å². The number of nitrogens with one attached hydrogen (secondary N) is 2. The number of hydrogen-bond acceptors (Lipinski definition) is 4. The fourth-order valence-corrected chi connectivity index (χ4v) is 4.63. The van der Waals surface area contributed by atoms with Crippen molar-refractivity contribution in [3.05, 3.63) is 42.1 Å². The Hall–Kier alpha value is -3.36. The van der Waals surface area contributed by atoms with Gasteiger partial charge in [0.05, 0.1) is 12.2 Å². The number of amides is 4. The van der Waals surface area contributed by atoms with Gasteiger partial charge < -0.3 is 15.1 Å². The Bertz CT molecular complexity index is 995. The van der Waals surface area contributed by atoms with Gasteiger partial charge in [0.2, 0.25) is 11.8 Å². The van der Waals surface area contributed by atoms with Gasteiger partial charge in [0.15, 0.2) is 0 Å². The van der Waals surface area contributed by atoms with Gasteiger partial charge in [-0.05, 0) is 44.2 Å². The quantitative estimate of drug-likeness (QED) is 0.766. The van der Waals surface area contributed by atoms with Crippen LogP contribution in [0.4, 0.5) is 16.3 Å². The van der Waals surface area contributed by atoms with E-state index in [0.29, 0.717) is 25.5 Å². The molecule has 0 bridgehead atoms. The van der Waals surface area contributed by atoms with E-state index in [1.807, 2.05) is 40.8 Å². The molecule has 1 aromatic heterocycles. The zero-order valence-electron chi connectivity index (χ0n) is 18.6. The van der Waals surface area contributed by atoms with Crippen molar-refractivity contribution >= 4 is 29.4 Å². The first-order chi connectivity index (χ1) is 15.4. The molecule has 2 aliphatic heterocycles. The van der Waals surface area contributed by atoms with E-state index in [-0.39, 0.29) is 29.9 Å². The lowest BCUT2D eigenvalue weighted by Gasteiger charge is -2.35. The zero-order valence-corrected chi connectivity index (χ0v) is 18.6. The number of para-hydroxylation sites is 1. The number of benzene rings is 1. The average Bonchev–Trinajstić information content (AvgIpc) is 3.45. The molecule has 2 N–H and O–H groups in total. The van der Waals surface area contributed by atoms with Crippen LogP contribution >= 0.6 is 0 Å². The standard InChI is InChI=1S/C23H30N6O3/c1-16-6-3-4-7-19(16)25-23(32)26-21-9-12-24-29(21)18-10-14-27(15-11-18)22(31)20-8-5-13-28(20)17(2)30/h3-4,6-7,9,12,18,20H,5,8,10-11,13-15H2,1-2H3,(H2,25,26,32)/t20-/m0/s1. The van der Waals surface area contributed by atoms with Crippen molar-refractivity contribution in [1.82, 2.24) is 19.6 Å². The van der Waals surface area contributed by atoms with E-state index in [0.717, 1.165) is 36.9 Å². The molecule has 2 fully saturated rings. The first-order valence-corrected chi connectivity index (χ1v) is 11.2. The summed E-state index contributed by atoms with van der Waals surface area (Å²) in [6.07, 6.45) is 4.77. The third-order valence-corrected chi connectivity index (χ3v) is 6.37. The predicted octanol–water partition coefficient (Wildman–Crippen LogP) is 3.01. The molecule has 0 saturated carbocycles. The highest BCUT2D eigenvalue weighted by Crippen LogP contribution is 2.28. The van der Waals surface area contributed by atoms with Gasteiger partial charge in [0.25, 0.3) is 0 Å². The summed E-state index contributed by atoms with van der Waals surface area (Å²) in [7, 11) is 0. The molecule has 2 aromatic rings. The van der Waals surface area contributed by atoms with Crippen LogP contribution < -0.4 is 10.6 Å². The molecule has 3 heterocycles. The number of anilines is 2. The van der Waals surface area contributed by atoms with Crippen molar-refractivity contribution in [2.75, 3.05) is 30.3 Å². The summed E-state index contributed by atoms with van der Waals surface area (Å²) in [6.45, 7) is 5.35. The van der Waals surface area contributed by atoms with Crippen molar-refractivity contribution in [1.29, 1.82) is 0 Å². The molecule has 0 radical (unpaired) electrons. The summed E-state index contributed by atoms with van der Waals surface area (Å²) in [6, 6.07) is 8.83. The summed E-state index contributed by atoms with van der Waals surface area (Å²) in [4.78, 5) is 40.8. The lowest BCUT2D eigenvalue weighted by Crippen LogP contribution is -2.49. The van der Waals surface area contributed by atoms with Crippen LogP contribution in [-0.4, -0.2) is 63.1 Å². The van der Waals surface area contributed by atoms with Crippen LogP contribution in [0.3, 0.4) is 0 Å². The summed E-state index contributed by atoms with van der Waals surface area (Å²) >= 11 is 0. The normalized spacial score (nSPS) is 19.1. The Balaban J connectivity index is 1.34. The molecular weight excluding hydrogens is 408 g/mol. The molecule has 170 valence electrons. The molecule has 9 heteroatoms. The second-order valence-corrected chi connectivity index (χ2v) is 8.48. The lowest BCUT2D eigenvalue weighted by atomic mass is 10.0. The number of urea groups is 1. The van der Waals surface area contributed by atoms with E-state index < -0.39 is 0 Å². The molecule has 1 aromatic carbocycles. The van der Waals surface area contributed by atoms with E-state index in [2.05, 4.69) is 15.7 Å². The monoisotopic (exact) mass is 438 g/mol. The van der Waals surface area contributed by atoms with Crippen LogP contribution in [-0.2, 0) is 9.59 Å². The highest BCUT2D eigenvalue weighted by molar-refractivity contribution is 5.99. The number of carbonyl (C=O) groups excluding carboxylic acids is 3. The number of nitrogens with zero attached hydrogens (tertiary/aromatic N) is 4. The minimum atomic E-state index is -0.323. The van der Waals surface area contributed by atoms with Gasteiger partial charge in [0.1, 0.15) is 11.9 Å². The maximum absolute atomic E-state index is 13.0. The fraction of sp³-hybridized carbons (Fsp3) is 0.478. The smallest absolute Gasteiger partial charge is 0.324 e. The largest absolute Gasteiger partial charge is 0.341 e.